The Labute approximate surface area is 133 Å². The van der Waals surface area contributed by atoms with Gasteiger partial charge >= 0.3 is 0 Å². The Morgan fingerprint density at radius 2 is 2.28 bits per heavy atom. The van der Waals surface area contributed by atoms with Crippen molar-refractivity contribution >= 4 is 60.7 Å². The average Bonchev–Trinajstić information content (AvgIpc) is 2.67. The highest BCUT2D eigenvalue weighted by atomic mass is 79.9. The highest BCUT2D eigenvalue weighted by molar-refractivity contribution is 9.13. The van der Waals surface area contributed by atoms with Gasteiger partial charge in [0, 0.05) is 16.4 Å². The molecule has 1 amide bonds. The van der Waals surface area contributed by atoms with E-state index >= 15 is 0 Å². The second-order valence-electron chi connectivity index (χ2n) is 4.57. The second-order valence-corrected chi connectivity index (χ2v) is 8.41. The summed E-state index contributed by atoms with van der Waals surface area (Å²) in [5.74, 6) is 0.528. The van der Waals surface area contributed by atoms with Gasteiger partial charge in [-0.1, -0.05) is 6.42 Å². The van der Waals surface area contributed by atoms with E-state index in [1.54, 1.807) is 0 Å². The fraction of sp³-hybridized carbons (Fsp3) is 0.583. The lowest BCUT2D eigenvalue weighted by Gasteiger charge is -2.25. The molecule has 1 saturated carbocycles. The maximum absolute atomic E-state index is 12.0. The number of thiophene rings is 1. The molecule has 18 heavy (non-hydrogen) atoms. The SMILES string of the molecule is O=C(NCC1CCCC(Cl)C1)c1cc(Br)c(Br)s1. The first-order chi connectivity index (χ1) is 8.56. The zero-order chi connectivity index (χ0) is 13.1. The van der Waals surface area contributed by atoms with Crippen LogP contribution in [0.2, 0.25) is 0 Å². The zero-order valence-corrected chi connectivity index (χ0v) is 14.5. The lowest BCUT2D eigenvalue weighted by molar-refractivity contribution is 0.0947. The lowest BCUT2D eigenvalue weighted by Crippen LogP contribution is -2.31. The fourth-order valence-electron chi connectivity index (χ4n) is 2.19. The van der Waals surface area contributed by atoms with Crippen LogP contribution in [-0.4, -0.2) is 17.8 Å². The summed E-state index contributed by atoms with van der Waals surface area (Å²) in [6.07, 6.45) is 4.46. The van der Waals surface area contributed by atoms with Gasteiger partial charge in [0.1, 0.15) is 0 Å². The van der Waals surface area contributed by atoms with Crippen LogP contribution in [-0.2, 0) is 0 Å². The molecule has 6 heteroatoms. The molecule has 1 aromatic rings. The van der Waals surface area contributed by atoms with Crippen molar-refractivity contribution in [3.05, 3.63) is 19.2 Å². The summed E-state index contributed by atoms with van der Waals surface area (Å²) in [5.41, 5.74) is 0. The Balaban J connectivity index is 1.84. The maximum atomic E-state index is 12.0. The van der Waals surface area contributed by atoms with Gasteiger partial charge in [0.15, 0.2) is 0 Å². The summed E-state index contributed by atoms with van der Waals surface area (Å²) < 4.78 is 1.88. The van der Waals surface area contributed by atoms with Gasteiger partial charge in [-0.2, -0.15) is 0 Å². The number of nitrogens with one attached hydrogen (secondary N) is 1. The molecule has 0 aliphatic heterocycles. The van der Waals surface area contributed by atoms with Gasteiger partial charge in [0.2, 0.25) is 0 Å². The first-order valence-corrected chi connectivity index (χ1v) is 8.77. The van der Waals surface area contributed by atoms with Crippen LogP contribution in [0.3, 0.4) is 0 Å². The van der Waals surface area contributed by atoms with E-state index < -0.39 is 0 Å². The molecule has 2 nitrogen and oxygen atoms in total. The Morgan fingerprint density at radius 3 is 2.89 bits per heavy atom. The first-order valence-electron chi connectivity index (χ1n) is 5.93. The van der Waals surface area contributed by atoms with E-state index in [0.717, 1.165) is 32.5 Å². The maximum Gasteiger partial charge on any atom is 0.261 e. The van der Waals surface area contributed by atoms with Crippen molar-refractivity contribution in [3.63, 3.8) is 0 Å². The fourth-order valence-corrected chi connectivity index (χ4v) is 4.55. The molecule has 0 aromatic carbocycles. The third-order valence-corrected chi connectivity index (χ3v) is 6.79. The Morgan fingerprint density at radius 1 is 1.50 bits per heavy atom. The van der Waals surface area contributed by atoms with E-state index in [4.69, 9.17) is 11.6 Å². The van der Waals surface area contributed by atoms with E-state index in [9.17, 15) is 4.79 Å². The number of halogens is 3. The van der Waals surface area contributed by atoms with E-state index in [0.29, 0.717) is 5.92 Å². The number of carbonyl (C=O) groups excluding carboxylic acids is 1. The number of alkyl halides is 1. The van der Waals surface area contributed by atoms with Crippen molar-refractivity contribution in [1.29, 1.82) is 0 Å². The Bertz CT molecular complexity index is 418. The molecule has 0 spiro atoms. The van der Waals surface area contributed by atoms with Crippen LogP contribution in [0.25, 0.3) is 0 Å². The van der Waals surface area contributed by atoms with Gasteiger partial charge in [-0.15, -0.1) is 22.9 Å². The molecule has 1 aliphatic rings. The van der Waals surface area contributed by atoms with E-state index in [-0.39, 0.29) is 11.3 Å². The van der Waals surface area contributed by atoms with Gasteiger partial charge in [0.05, 0.1) is 8.66 Å². The molecule has 0 bridgehead atoms. The third-order valence-electron chi connectivity index (χ3n) is 3.14. The van der Waals surface area contributed by atoms with Gasteiger partial charge in [-0.05, 0) is 63.1 Å². The summed E-state index contributed by atoms with van der Waals surface area (Å²) in [5, 5.41) is 3.28. The van der Waals surface area contributed by atoms with Crippen LogP contribution in [0.15, 0.2) is 14.3 Å². The van der Waals surface area contributed by atoms with Crippen LogP contribution in [0, 0.1) is 5.92 Å². The van der Waals surface area contributed by atoms with Crippen molar-refractivity contribution < 1.29 is 4.79 Å². The van der Waals surface area contributed by atoms with Crippen molar-refractivity contribution in [2.75, 3.05) is 6.54 Å². The summed E-state index contributed by atoms with van der Waals surface area (Å²) in [6, 6.07) is 1.84. The predicted molar refractivity (Wildman–Crippen MR) is 83.7 cm³/mol. The van der Waals surface area contributed by atoms with Crippen LogP contribution in [0.1, 0.15) is 35.4 Å². The Hall–Kier alpha value is 0.420. The van der Waals surface area contributed by atoms with Crippen LogP contribution < -0.4 is 5.32 Å². The molecule has 0 saturated heterocycles. The van der Waals surface area contributed by atoms with E-state index in [1.807, 2.05) is 6.07 Å². The van der Waals surface area contributed by atoms with Gasteiger partial charge < -0.3 is 5.32 Å². The molecule has 0 radical (unpaired) electrons. The van der Waals surface area contributed by atoms with Crippen LogP contribution in [0.4, 0.5) is 0 Å². The minimum atomic E-state index is 0.00287. The number of hydrogen-bond donors (Lipinski definition) is 1. The van der Waals surface area contributed by atoms with Crippen LogP contribution >= 0.6 is 54.8 Å². The number of hydrogen-bond acceptors (Lipinski definition) is 2. The molecular weight excluding hydrogens is 401 g/mol. The topological polar surface area (TPSA) is 29.1 Å². The minimum absolute atomic E-state index is 0.00287. The second kappa shape index (κ2) is 6.73. The summed E-state index contributed by atoms with van der Waals surface area (Å²) >= 11 is 14.4. The van der Waals surface area contributed by atoms with Crippen molar-refractivity contribution in [3.8, 4) is 0 Å². The standard InChI is InChI=1S/C12H14Br2ClNOS/c13-9-5-10(18-11(9)14)12(17)16-6-7-2-1-3-8(15)4-7/h5,7-8H,1-4,6H2,(H,16,17). The monoisotopic (exact) mass is 413 g/mol. The molecule has 2 rings (SSSR count). The molecule has 2 unspecified atom stereocenters. The van der Waals surface area contributed by atoms with Gasteiger partial charge in [0.25, 0.3) is 5.91 Å². The smallest absolute Gasteiger partial charge is 0.261 e. The van der Waals surface area contributed by atoms with Gasteiger partial charge in [-0.3, -0.25) is 4.79 Å². The molecule has 100 valence electrons. The third kappa shape index (κ3) is 3.95. The quantitative estimate of drug-likeness (QED) is 0.706. The largest absolute Gasteiger partial charge is 0.351 e. The molecule has 1 aromatic heterocycles. The zero-order valence-electron chi connectivity index (χ0n) is 9.72. The van der Waals surface area contributed by atoms with E-state index in [2.05, 4.69) is 37.2 Å². The molecule has 1 heterocycles. The highest BCUT2D eigenvalue weighted by Gasteiger charge is 2.21. The molecule has 2 atom stereocenters. The number of carbonyl (C=O) groups is 1. The minimum Gasteiger partial charge on any atom is -0.351 e. The number of amides is 1. The summed E-state index contributed by atoms with van der Waals surface area (Å²) in [6.45, 7) is 0.731. The number of rotatable bonds is 3. The van der Waals surface area contributed by atoms with Crippen molar-refractivity contribution in [1.82, 2.24) is 5.32 Å². The Kier molecular flexibility index (Phi) is 5.54. The summed E-state index contributed by atoms with van der Waals surface area (Å²) in [7, 11) is 0. The molecule has 1 N–H and O–H groups in total. The highest BCUT2D eigenvalue weighted by Crippen LogP contribution is 2.32. The average molecular weight is 416 g/mol. The van der Waals surface area contributed by atoms with Crippen LogP contribution in [0.5, 0.6) is 0 Å². The molecule has 1 fully saturated rings. The molecular formula is C12H14Br2ClNOS. The van der Waals surface area contributed by atoms with E-state index in [1.165, 1.54) is 24.2 Å². The lowest BCUT2D eigenvalue weighted by atomic mass is 9.89. The molecule has 1 aliphatic carbocycles. The van der Waals surface area contributed by atoms with Gasteiger partial charge in [-0.25, -0.2) is 0 Å². The first kappa shape index (κ1) is 14.8. The normalized spacial score (nSPS) is 23.9. The van der Waals surface area contributed by atoms with Crippen molar-refractivity contribution in [2.24, 2.45) is 5.92 Å². The summed E-state index contributed by atoms with van der Waals surface area (Å²) in [4.78, 5) is 12.7. The predicted octanol–water partition coefficient (Wildman–Crippen LogP) is 4.80. The van der Waals surface area contributed by atoms with Crippen molar-refractivity contribution in [2.45, 2.75) is 31.1 Å².